The first-order chi connectivity index (χ1) is 20.7. The predicted molar refractivity (Wildman–Crippen MR) is 166 cm³/mol. The summed E-state index contributed by atoms with van der Waals surface area (Å²) in [6.07, 6.45) is 25.5. The van der Waals surface area contributed by atoms with Gasteiger partial charge in [-0.1, -0.05) is 0 Å². The Hall–Kier alpha value is 0.606. The summed E-state index contributed by atoms with van der Waals surface area (Å²) in [5.41, 5.74) is 0. The van der Waals surface area contributed by atoms with Crippen LogP contribution < -0.4 is 31.9 Å². The molecule has 0 amide bonds. The van der Waals surface area contributed by atoms with Crippen LogP contribution in [0.25, 0.3) is 0 Å². The van der Waals surface area contributed by atoms with Crippen molar-refractivity contribution in [2.24, 2.45) is 47.3 Å². The van der Waals surface area contributed by atoms with E-state index in [0.29, 0.717) is 73.0 Å². The minimum absolute atomic E-state index is 0.412. The number of rotatable bonds is 0. The van der Waals surface area contributed by atoms with Crippen LogP contribution >= 0.6 is 9.64 Å². The van der Waals surface area contributed by atoms with Crippen molar-refractivity contribution >= 4 is 25.3 Å². The molecule has 0 aromatic heterocycles. The Balaban J connectivity index is 1.13. The standard InChI is InChI=1S/C32H54N8.ClH.Ga/c1-2-10-18-17(9-1)25-33-26(18)38-28-21-13-5-6-14-22(21)30(35-28)40-32-24-16-8-7-15-23(24)31(36-32)39-29-20-12-4-3-11-19(20)27(34-29)37-25;;/h17-33,36-40H,1-16H2;1H;/q-2;;+3/p-1. The summed E-state index contributed by atoms with van der Waals surface area (Å²) >= 11 is -2.70. The SMILES string of the molecule is [Cl][Ga]1[N]2C3NC4NC(NC5C6CCCCC6C(NC6NC(NC2C2CCCCC23)C2CCCCC62)[N]51)C1CCCCC41. The first-order valence-corrected chi connectivity index (χ1v) is 23.8. The molecule has 0 spiro atoms. The molecule has 10 fully saturated rings. The molecular formula is C32H54ClGaN8. The van der Waals surface area contributed by atoms with Crippen LogP contribution in [-0.2, 0) is 0 Å². The van der Waals surface area contributed by atoms with E-state index in [1.165, 1.54) is 103 Å². The van der Waals surface area contributed by atoms with E-state index in [0.717, 1.165) is 23.7 Å². The van der Waals surface area contributed by atoms with E-state index in [4.69, 9.17) is 9.64 Å². The summed E-state index contributed by atoms with van der Waals surface area (Å²) in [7, 11) is 8.26. The molecule has 16 unspecified atom stereocenters. The van der Waals surface area contributed by atoms with Gasteiger partial charge in [0.15, 0.2) is 0 Å². The topological polar surface area (TPSA) is 78.7 Å². The molecule has 16 atom stereocenters. The van der Waals surface area contributed by atoms with Gasteiger partial charge >= 0.3 is 264 Å². The summed E-state index contributed by atoms with van der Waals surface area (Å²) < 4.78 is 5.98. The third kappa shape index (κ3) is 4.10. The third-order valence-corrected chi connectivity index (χ3v) is 21.8. The number of fused-ring (bicyclic) bond motifs is 16. The first-order valence-electron chi connectivity index (χ1n) is 18.5. The maximum atomic E-state index is 8.26. The average Bonchev–Trinajstić information content (AvgIpc) is 3.74. The van der Waals surface area contributed by atoms with Crippen molar-refractivity contribution in [2.45, 2.75) is 152 Å². The molecule has 4 aliphatic carbocycles. The quantitative estimate of drug-likeness (QED) is 0.222. The van der Waals surface area contributed by atoms with Gasteiger partial charge in [0, 0.05) is 0 Å². The Bertz CT molecular complexity index is 888. The molecule has 6 N–H and O–H groups in total. The van der Waals surface area contributed by atoms with Crippen molar-refractivity contribution in [3.8, 4) is 0 Å². The monoisotopic (exact) mass is 654 g/mol. The van der Waals surface area contributed by atoms with Gasteiger partial charge in [-0.25, -0.2) is 0 Å². The van der Waals surface area contributed by atoms with Crippen LogP contribution in [0.5, 0.6) is 0 Å². The molecule has 10 rings (SSSR count). The summed E-state index contributed by atoms with van der Waals surface area (Å²) in [6, 6.07) is 0. The zero-order valence-electron chi connectivity index (χ0n) is 25.4. The first kappa shape index (κ1) is 27.7. The zero-order chi connectivity index (χ0) is 27.5. The molecule has 4 saturated carbocycles. The normalized spacial score (nSPS) is 57.2. The fourth-order valence-corrected chi connectivity index (χ4v) is 21.0. The zero-order valence-corrected chi connectivity index (χ0v) is 28.6. The van der Waals surface area contributed by atoms with Gasteiger partial charge < -0.3 is 0 Å². The summed E-state index contributed by atoms with van der Waals surface area (Å²) in [5, 5.41) is 26.2. The van der Waals surface area contributed by atoms with E-state index >= 15 is 0 Å². The van der Waals surface area contributed by atoms with Gasteiger partial charge in [0.2, 0.25) is 0 Å². The van der Waals surface area contributed by atoms with Crippen molar-refractivity contribution < 1.29 is 0 Å². The maximum absolute atomic E-state index is 8.26. The summed E-state index contributed by atoms with van der Waals surface area (Å²) in [6.45, 7) is 0. The molecular weight excluding hydrogens is 602 g/mol. The second kappa shape index (κ2) is 10.8. The Labute approximate surface area is 262 Å². The van der Waals surface area contributed by atoms with E-state index in [1.54, 1.807) is 0 Å². The van der Waals surface area contributed by atoms with Gasteiger partial charge in [0.05, 0.1) is 0 Å². The second-order valence-electron chi connectivity index (χ2n) is 16.3. The molecule has 42 heavy (non-hydrogen) atoms. The van der Waals surface area contributed by atoms with E-state index in [9.17, 15) is 0 Å². The molecule has 10 aliphatic rings. The summed E-state index contributed by atoms with van der Waals surface area (Å²) in [5.74, 6) is 5.84. The van der Waals surface area contributed by atoms with Crippen molar-refractivity contribution in [3.05, 3.63) is 0 Å². The van der Waals surface area contributed by atoms with Crippen LogP contribution in [0.15, 0.2) is 0 Å². The number of hydrogen-bond donors (Lipinski definition) is 6. The number of nitrogens with zero attached hydrogens (tertiary/aromatic N) is 2. The number of halogens is 1. The molecule has 6 saturated heterocycles. The molecule has 0 aromatic carbocycles. The van der Waals surface area contributed by atoms with Crippen molar-refractivity contribution in [1.29, 1.82) is 0 Å². The van der Waals surface area contributed by atoms with Gasteiger partial charge in [0.1, 0.15) is 0 Å². The third-order valence-electron chi connectivity index (χ3n) is 14.7. The van der Waals surface area contributed by atoms with Gasteiger partial charge in [0.25, 0.3) is 0 Å². The van der Waals surface area contributed by atoms with E-state index in [-0.39, 0.29) is 0 Å². The van der Waals surface area contributed by atoms with Crippen LogP contribution in [0.1, 0.15) is 103 Å². The van der Waals surface area contributed by atoms with E-state index in [1.807, 2.05) is 0 Å². The summed E-state index contributed by atoms with van der Waals surface area (Å²) in [4.78, 5) is 0. The van der Waals surface area contributed by atoms with Crippen LogP contribution in [0, 0.1) is 47.3 Å². The fourth-order valence-electron chi connectivity index (χ4n) is 13.0. The van der Waals surface area contributed by atoms with Gasteiger partial charge in [-0.3, -0.25) is 0 Å². The van der Waals surface area contributed by atoms with Crippen LogP contribution in [-0.4, -0.2) is 72.2 Å². The molecule has 232 valence electrons. The van der Waals surface area contributed by atoms with Gasteiger partial charge in [-0.2, -0.15) is 0 Å². The second-order valence-corrected chi connectivity index (χ2v) is 22.2. The van der Waals surface area contributed by atoms with Crippen molar-refractivity contribution in [3.63, 3.8) is 0 Å². The molecule has 0 radical (unpaired) electrons. The van der Waals surface area contributed by atoms with E-state index < -0.39 is 15.7 Å². The van der Waals surface area contributed by atoms with Crippen molar-refractivity contribution in [2.75, 3.05) is 0 Å². The Morgan fingerprint density at radius 3 is 0.857 bits per heavy atom. The van der Waals surface area contributed by atoms with Gasteiger partial charge in [-0.15, -0.1) is 0 Å². The van der Waals surface area contributed by atoms with Crippen molar-refractivity contribution in [1.82, 2.24) is 39.1 Å². The average molecular weight is 656 g/mol. The molecule has 6 heterocycles. The predicted octanol–water partition coefficient (Wildman–Crippen LogP) is 3.27. The Kier molecular flexibility index (Phi) is 7.14. The van der Waals surface area contributed by atoms with Crippen LogP contribution in [0.2, 0.25) is 0 Å². The van der Waals surface area contributed by atoms with Gasteiger partial charge in [-0.05, 0) is 0 Å². The Morgan fingerprint density at radius 2 is 0.595 bits per heavy atom. The molecule has 0 aromatic rings. The fraction of sp³-hybridized carbons (Fsp3) is 1.00. The van der Waals surface area contributed by atoms with Crippen LogP contribution in [0.3, 0.4) is 0 Å². The molecule has 6 bridgehead atoms. The molecule has 8 nitrogen and oxygen atoms in total. The molecule has 6 aliphatic heterocycles. The molecule has 10 heteroatoms. The number of hydrogen-bond acceptors (Lipinski definition) is 8. The van der Waals surface area contributed by atoms with Crippen LogP contribution in [0.4, 0.5) is 0 Å². The van der Waals surface area contributed by atoms with E-state index in [2.05, 4.69) is 39.1 Å². The number of nitrogens with one attached hydrogen (secondary N) is 6. The Morgan fingerprint density at radius 1 is 0.357 bits per heavy atom. The minimum atomic E-state index is -2.70.